The molecule has 2 aliphatic heterocycles. The van der Waals surface area contributed by atoms with E-state index in [0.29, 0.717) is 25.3 Å². The number of amides is 1. The van der Waals surface area contributed by atoms with Crippen LogP contribution in [0, 0.1) is 5.82 Å². The lowest BCUT2D eigenvalue weighted by Crippen LogP contribution is -2.38. The molecule has 1 saturated heterocycles. The summed E-state index contributed by atoms with van der Waals surface area (Å²) < 4.78 is 57.9. The van der Waals surface area contributed by atoms with E-state index in [0.717, 1.165) is 22.7 Å². The van der Waals surface area contributed by atoms with Gasteiger partial charge >= 0.3 is 0 Å². The van der Waals surface area contributed by atoms with E-state index in [1.807, 2.05) is 0 Å². The lowest BCUT2D eigenvalue weighted by Gasteiger charge is -2.31. The Kier molecular flexibility index (Phi) is 9.37. The fourth-order valence-corrected chi connectivity index (χ4v) is 5.99. The van der Waals surface area contributed by atoms with Crippen LogP contribution in [0.4, 0.5) is 4.39 Å². The van der Waals surface area contributed by atoms with Crippen molar-refractivity contribution in [2.45, 2.75) is 36.4 Å². The number of hydrogen-bond acceptors (Lipinski definition) is 7. The number of rotatable bonds is 11. The summed E-state index contributed by atoms with van der Waals surface area (Å²) in [7, 11) is -2.40. The maximum Gasteiger partial charge on any atom is 0.288 e. The zero-order valence-electron chi connectivity index (χ0n) is 21.3. The van der Waals surface area contributed by atoms with Gasteiger partial charge in [0.15, 0.2) is 5.76 Å². The van der Waals surface area contributed by atoms with Crippen molar-refractivity contribution in [1.82, 2.24) is 9.21 Å². The van der Waals surface area contributed by atoms with Gasteiger partial charge in [-0.15, -0.1) is 0 Å². The van der Waals surface area contributed by atoms with E-state index in [2.05, 4.69) is 0 Å². The van der Waals surface area contributed by atoms with Crippen molar-refractivity contribution >= 4 is 15.9 Å². The van der Waals surface area contributed by atoms with E-state index in [1.54, 1.807) is 35.2 Å². The summed E-state index contributed by atoms with van der Waals surface area (Å²) >= 11 is 0. The Morgan fingerprint density at radius 1 is 1.11 bits per heavy atom. The molecule has 1 amide bonds. The van der Waals surface area contributed by atoms with Gasteiger partial charge in [-0.05, 0) is 60.9 Å². The van der Waals surface area contributed by atoms with Crippen LogP contribution in [0.1, 0.15) is 30.7 Å². The Morgan fingerprint density at radius 2 is 1.79 bits per heavy atom. The molecule has 11 heteroatoms. The van der Waals surface area contributed by atoms with Crippen LogP contribution in [-0.4, -0.2) is 81.4 Å². The number of sulfonamides is 1. The van der Waals surface area contributed by atoms with Gasteiger partial charge in [-0.25, -0.2) is 12.8 Å². The monoisotopic (exact) mass is 548 g/mol. The first-order valence-electron chi connectivity index (χ1n) is 12.6. The van der Waals surface area contributed by atoms with E-state index in [4.69, 9.17) is 14.2 Å². The van der Waals surface area contributed by atoms with Crippen molar-refractivity contribution in [3.63, 3.8) is 0 Å². The average molecular weight is 549 g/mol. The fourth-order valence-electron chi connectivity index (χ4n) is 4.58. The number of aliphatic hydroxyl groups excluding tert-OH is 1. The third-order valence-electron chi connectivity index (χ3n) is 6.65. The molecule has 38 heavy (non-hydrogen) atoms. The van der Waals surface area contributed by atoms with Gasteiger partial charge in [-0.2, -0.15) is 4.31 Å². The predicted octanol–water partition coefficient (Wildman–Crippen LogP) is 2.87. The number of likely N-dealkylation sites (tertiary alicyclic amines) is 1. The molecule has 2 heterocycles. The van der Waals surface area contributed by atoms with Crippen molar-refractivity contribution in [2.75, 3.05) is 46.5 Å². The maximum absolute atomic E-state index is 13.5. The van der Waals surface area contributed by atoms with Crippen molar-refractivity contribution in [2.24, 2.45) is 0 Å². The molecule has 1 N–H and O–H groups in total. The summed E-state index contributed by atoms with van der Waals surface area (Å²) in [6.07, 6.45) is 3.18. The first kappa shape index (κ1) is 28.0. The number of allylic oxidation sites excluding steroid dienone is 1. The molecule has 2 aromatic carbocycles. The second-order valence-electron chi connectivity index (χ2n) is 9.15. The van der Waals surface area contributed by atoms with Crippen molar-refractivity contribution in [3.05, 3.63) is 71.7 Å². The number of nitrogens with zero attached hydrogens (tertiary/aromatic N) is 2. The SMILES string of the molecule is COc1ccc(S(=O)(=O)N(CCO)CCO[C@@H]2C[C@H](c3ccc(F)cc3)C=C(C(=O)N3CCCC3)O2)cc1. The second-order valence-corrected chi connectivity index (χ2v) is 11.1. The molecule has 4 rings (SSSR count). The second kappa shape index (κ2) is 12.7. The van der Waals surface area contributed by atoms with E-state index < -0.39 is 16.3 Å². The first-order valence-corrected chi connectivity index (χ1v) is 14.1. The highest BCUT2D eigenvalue weighted by Crippen LogP contribution is 2.32. The number of aliphatic hydroxyl groups is 1. The number of ether oxygens (including phenoxy) is 3. The normalized spacial score (nSPS) is 19.8. The third kappa shape index (κ3) is 6.71. The summed E-state index contributed by atoms with van der Waals surface area (Å²) in [4.78, 5) is 14.9. The summed E-state index contributed by atoms with van der Waals surface area (Å²) in [5.41, 5.74) is 0.819. The maximum atomic E-state index is 13.5. The van der Waals surface area contributed by atoms with Gasteiger partial charge in [0.2, 0.25) is 16.3 Å². The van der Waals surface area contributed by atoms with Crippen LogP contribution in [-0.2, 0) is 24.3 Å². The number of hydrogen-bond donors (Lipinski definition) is 1. The fraction of sp³-hybridized carbons (Fsp3) is 0.444. The van der Waals surface area contributed by atoms with Crippen molar-refractivity contribution in [1.29, 1.82) is 0 Å². The molecule has 206 valence electrons. The van der Waals surface area contributed by atoms with Crippen LogP contribution in [0.2, 0.25) is 0 Å². The standard InChI is InChI=1S/C27H33FN2O7S/c1-35-23-8-10-24(11-9-23)38(33,34)30(14-16-31)15-17-36-26-19-21(20-4-6-22(28)7-5-20)18-25(37-26)27(32)29-12-2-3-13-29/h4-11,18,21,26,31H,2-3,12-17,19H2,1H3/t21-,26+/m1/s1. The lowest BCUT2D eigenvalue weighted by molar-refractivity contribution is -0.152. The Labute approximate surface area is 222 Å². The number of benzene rings is 2. The Morgan fingerprint density at radius 3 is 2.42 bits per heavy atom. The highest BCUT2D eigenvalue weighted by Gasteiger charge is 2.32. The molecule has 2 aliphatic rings. The predicted molar refractivity (Wildman–Crippen MR) is 137 cm³/mol. The molecule has 0 aromatic heterocycles. The highest BCUT2D eigenvalue weighted by atomic mass is 32.2. The Bertz CT molecular complexity index is 1210. The Balaban J connectivity index is 1.45. The zero-order chi connectivity index (χ0) is 27.1. The van der Waals surface area contributed by atoms with Crippen molar-refractivity contribution in [3.8, 4) is 5.75 Å². The molecule has 2 atom stereocenters. The number of carbonyl (C=O) groups excluding carboxylic acids is 1. The highest BCUT2D eigenvalue weighted by molar-refractivity contribution is 7.89. The van der Waals surface area contributed by atoms with Crippen LogP contribution >= 0.6 is 0 Å². The van der Waals surface area contributed by atoms with Gasteiger partial charge in [0.25, 0.3) is 5.91 Å². The lowest BCUT2D eigenvalue weighted by atomic mass is 9.93. The third-order valence-corrected chi connectivity index (χ3v) is 8.56. The van der Waals surface area contributed by atoms with Crippen molar-refractivity contribution < 1.29 is 36.9 Å². The molecule has 0 bridgehead atoms. The molecule has 0 saturated carbocycles. The van der Waals surface area contributed by atoms with Gasteiger partial charge < -0.3 is 24.2 Å². The number of methoxy groups -OCH3 is 1. The molecular formula is C27H33FN2O7S. The summed E-state index contributed by atoms with van der Waals surface area (Å²) in [6.45, 7) is 0.785. The quantitative estimate of drug-likeness (QED) is 0.460. The molecule has 2 aromatic rings. The van der Waals surface area contributed by atoms with E-state index in [1.165, 1.54) is 31.4 Å². The van der Waals surface area contributed by atoms with Crippen LogP contribution in [0.15, 0.2) is 65.3 Å². The topological polar surface area (TPSA) is 106 Å². The van der Waals surface area contributed by atoms with E-state index >= 15 is 0 Å². The van der Waals surface area contributed by atoms with Gasteiger partial charge in [0, 0.05) is 38.5 Å². The average Bonchev–Trinajstić information content (AvgIpc) is 3.47. The molecular weight excluding hydrogens is 515 g/mol. The zero-order valence-corrected chi connectivity index (χ0v) is 22.1. The van der Waals surface area contributed by atoms with Gasteiger partial charge in [-0.3, -0.25) is 4.79 Å². The largest absolute Gasteiger partial charge is 0.497 e. The molecule has 0 spiro atoms. The van der Waals surface area contributed by atoms with Crippen LogP contribution in [0.25, 0.3) is 0 Å². The number of carbonyl (C=O) groups is 1. The van der Waals surface area contributed by atoms with E-state index in [9.17, 15) is 22.7 Å². The molecule has 0 aliphatic carbocycles. The molecule has 0 unspecified atom stereocenters. The minimum atomic E-state index is -3.89. The molecule has 9 nitrogen and oxygen atoms in total. The van der Waals surface area contributed by atoms with Crippen LogP contribution < -0.4 is 4.74 Å². The molecule has 0 radical (unpaired) electrons. The minimum absolute atomic E-state index is 0.0264. The van der Waals surface area contributed by atoms with Gasteiger partial charge in [0.05, 0.1) is 25.2 Å². The smallest absolute Gasteiger partial charge is 0.288 e. The van der Waals surface area contributed by atoms with Gasteiger partial charge in [-0.1, -0.05) is 12.1 Å². The minimum Gasteiger partial charge on any atom is -0.497 e. The van der Waals surface area contributed by atoms with Crippen LogP contribution in [0.5, 0.6) is 5.75 Å². The Hall–Kier alpha value is -2.99. The molecule has 1 fully saturated rings. The summed E-state index contributed by atoms with van der Waals surface area (Å²) in [5.74, 6) is -0.110. The summed E-state index contributed by atoms with van der Waals surface area (Å²) in [6, 6.07) is 12.1. The number of halogens is 1. The van der Waals surface area contributed by atoms with Crippen LogP contribution in [0.3, 0.4) is 0 Å². The summed E-state index contributed by atoms with van der Waals surface area (Å²) in [5, 5.41) is 9.49. The van der Waals surface area contributed by atoms with Gasteiger partial charge in [0.1, 0.15) is 11.6 Å². The van der Waals surface area contributed by atoms with E-state index in [-0.39, 0.29) is 54.6 Å². The first-order chi connectivity index (χ1) is 18.3.